The Morgan fingerprint density at radius 3 is 2.47 bits per heavy atom. The number of benzene rings is 1. The Balaban J connectivity index is 2.28. The normalized spacial score (nSPS) is 11.7. The molecule has 0 heterocycles. The summed E-state index contributed by atoms with van der Waals surface area (Å²) in [6.07, 6.45) is -3.77. The maximum Gasteiger partial charge on any atom is 0.410 e. The standard InChI is InChI=1S/C12H11F3O2/c13-12(14,15)8-6-11(16)17-9-7-10-4-2-1-3-5-10/h1-6,8H,7,9H2/b8-6+. The number of hydrogen-bond acceptors (Lipinski definition) is 2. The first-order valence-electron chi connectivity index (χ1n) is 4.94. The molecule has 2 nitrogen and oxygen atoms in total. The van der Waals surface area contributed by atoms with Crippen LogP contribution in [-0.2, 0) is 16.0 Å². The maximum atomic E-state index is 11.7. The van der Waals surface area contributed by atoms with Crippen LogP contribution < -0.4 is 0 Å². The molecule has 0 aliphatic carbocycles. The average Bonchev–Trinajstić information content (AvgIpc) is 2.27. The molecule has 0 aliphatic heterocycles. The summed E-state index contributed by atoms with van der Waals surface area (Å²) in [5.74, 6) is -0.988. The zero-order chi connectivity index (χ0) is 12.7. The second kappa shape index (κ2) is 6.08. The predicted octanol–water partition coefficient (Wildman–Crippen LogP) is 2.89. The number of hydrogen-bond donors (Lipinski definition) is 0. The lowest BCUT2D eigenvalue weighted by atomic mass is 10.2. The van der Waals surface area contributed by atoms with Gasteiger partial charge in [0.05, 0.1) is 6.61 Å². The SMILES string of the molecule is O=C(/C=C/C(F)(F)F)OCCc1ccccc1. The molecule has 0 atom stereocenters. The first-order valence-corrected chi connectivity index (χ1v) is 4.94. The van der Waals surface area contributed by atoms with E-state index in [0.29, 0.717) is 12.5 Å². The minimum atomic E-state index is -4.49. The van der Waals surface area contributed by atoms with Gasteiger partial charge in [-0.3, -0.25) is 0 Å². The predicted molar refractivity (Wildman–Crippen MR) is 56.3 cm³/mol. The van der Waals surface area contributed by atoms with E-state index in [4.69, 9.17) is 0 Å². The fourth-order valence-corrected chi connectivity index (χ4v) is 1.12. The van der Waals surface area contributed by atoms with Crippen LogP contribution in [0.2, 0.25) is 0 Å². The molecule has 0 spiro atoms. The smallest absolute Gasteiger partial charge is 0.410 e. The highest BCUT2D eigenvalue weighted by atomic mass is 19.4. The number of ether oxygens (including phenoxy) is 1. The molecule has 0 bridgehead atoms. The van der Waals surface area contributed by atoms with Gasteiger partial charge in [0.2, 0.25) is 0 Å². The number of allylic oxidation sites excluding steroid dienone is 1. The molecular weight excluding hydrogens is 233 g/mol. The van der Waals surface area contributed by atoms with Crippen molar-refractivity contribution in [3.05, 3.63) is 48.0 Å². The molecular formula is C12H11F3O2. The number of carbonyl (C=O) groups is 1. The number of esters is 1. The van der Waals surface area contributed by atoms with Crippen LogP contribution in [0.5, 0.6) is 0 Å². The van der Waals surface area contributed by atoms with Crippen molar-refractivity contribution in [3.8, 4) is 0 Å². The highest BCUT2D eigenvalue weighted by Gasteiger charge is 2.22. The Morgan fingerprint density at radius 2 is 1.88 bits per heavy atom. The van der Waals surface area contributed by atoms with E-state index in [1.54, 1.807) is 0 Å². The third kappa shape index (κ3) is 6.40. The third-order valence-electron chi connectivity index (χ3n) is 1.89. The lowest BCUT2D eigenvalue weighted by molar-refractivity contribution is -0.138. The lowest BCUT2D eigenvalue weighted by Gasteiger charge is -2.02. The van der Waals surface area contributed by atoms with Crippen LogP contribution in [0.25, 0.3) is 0 Å². The number of carbonyl (C=O) groups excluding carboxylic acids is 1. The molecule has 0 aromatic heterocycles. The van der Waals surface area contributed by atoms with Crippen molar-refractivity contribution in [1.82, 2.24) is 0 Å². The summed E-state index contributed by atoms with van der Waals surface area (Å²) in [6, 6.07) is 9.21. The first-order chi connectivity index (χ1) is 7.97. The summed E-state index contributed by atoms with van der Waals surface area (Å²) in [4.78, 5) is 10.9. The zero-order valence-corrected chi connectivity index (χ0v) is 8.91. The molecule has 5 heteroatoms. The minimum Gasteiger partial charge on any atom is -0.462 e. The van der Waals surface area contributed by atoms with E-state index in [1.165, 1.54) is 0 Å². The second-order valence-electron chi connectivity index (χ2n) is 3.28. The molecule has 1 aromatic carbocycles. The summed E-state index contributed by atoms with van der Waals surface area (Å²) in [5.41, 5.74) is 0.958. The fourth-order valence-electron chi connectivity index (χ4n) is 1.12. The fraction of sp³-hybridized carbons (Fsp3) is 0.250. The van der Waals surface area contributed by atoms with Gasteiger partial charge in [-0.1, -0.05) is 30.3 Å². The van der Waals surface area contributed by atoms with Gasteiger partial charge in [0, 0.05) is 18.6 Å². The minimum absolute atomic E-state index is 0.0606. The Bertz CT molecular complexity index is 382. The largest absolute Gasteiger partial charge is 0.462 e. The van der Waals surface area contributed by atoms with Crippen LogP contribution in [0, 0.1) is 0 Å². The van der Waals surface area contributed by atoms with Crippen LogP contribution in [0.1, 0.15) is 5.56 Å². The number of halogens is 3. The molecule has 0 amide bonds. The summed E-state index contributed by atoms with van der Waals surface area (Å²) in [6.45, 7) is 0.0606. The quantitative estimate of drug-likeness (QED) is 0.601. The Morgan fingerprint density at radius 1 is 1.24 bits per heavy atom. The highest BCUT2D eigenvalue weighted by Crippen LogP contribution is 2.15. The van der Waals surface area contributed by atoms with Crippen molar-refractivity contribution in [2.45, 2.75) is 12.6 Å². The Labute approximate surface area is 96.7 Å². The van der Waals surface area contributed by atoms with E-state index in [1.807, 2.05) is 30.3 Å². The van der Waals surface area contributed by atoms with Gasteiger partial charge in [-0.05, 0) is 5.56 Å². The molecule has 0 radical (unpaired) electrons. The van der Waals surface area contributed by atoms with Crippen molar-refractivity contribution in [3.63, 3.8) is 0 Å². The summed E-state index contributed by atoms with van der Waals surface area (Å²) < 4.78 is 39.7. The molecule has 17 heavy (non-hydrogen) atoms. The Kier molecular flexibility index (Phi) is 4.75. The van der Waals surface area contributed by atoms with E-state index in [0.717, 1.165) is 5.56 Å². The topological polar surface area (TPSA) is 26.3 Å². The summed E-state index contributed by atoms with van der Waals surface area (Å²) >= 11 is 0. The third-order valence-corrected chi connectivity index (χ3v) is 1.89. The van der Waals surface area contributed by atoms with Gasteiger partial charge in [0.1, 0.15) is 0 Å². The zero-order valence-electron chi connectivity index (χ0n) is 8.91. The molecule has 0 saturated carbocycles. The molecule has 0 N–H and O–H groups in total. The monoisotopic (exact) mass is 244 g/mol. The van der Waals surface area contributed by atoms with E-state index < -0.39 is 12.1 Å². The van der Waals surface area contributed by atoms with Gasteiger partial charge < -0.3 is 4.74 Å². The van der Waals surface area contributed by atoms with Crippen molar-refractivity contribution < 1.29 is 22.7 Å². The van der Waals surface area contributed by atoms with Crippen LogP contribution in [0.4, 0.5) is 13.2 Å². The van der Waals surface area contributed by atoms with E-state index in [2.05, 4.69) is 4.74 Å². The van der Waals surface area contributed by atoms with Crippen molar-refractivity contribution in [1.29, 1.82) is 0 Å². The molecule has 92 valence electrons. The Hall–Kier alpha value is -1.78. The van der Waals surface area contributed by atoms with Crippen LogP contribution >= 0.6 is 0 Å². The van der Waals surface area contributed by atoms with E-state index in [-0.39, 0.29) is 12.7 Å². The molecule has 1 aromatic rings. The highest BCUT2D eigenvalue weighted by molar-refractivity contribution is 5.82. The van der Waals surface area contributed by atoms with Gasteiger partial charge in [-0.25, -0.2) is 4.79 Å². The van der Waals surface area contributed by atoms with Gasteiger partial charge in [-0.15, -0.1) is 0 Å². The molecule has 0 unspecified atom stereocenters. The molecule has 1 rings (SSSR count). The van der Waals surface area contributed by atoms with Crippen LogP contribution in [0.3, 0.4) is 0 Å². The first kappa shape index (κ1) is 13.3. The van der Waals surface area contributed by atoms with Gasteiger partial charge >= 0.3 is 12.1 Å². The van der Waals surface area contributed by atoms with Crippen LogP contribution in [0.15, 0.2) is 42.5 Å². The average molecular weight is 244 g/mol. The second-order valence-corrected chi connectivity index (χ2v) is 3.28. The van der Waals surface area contributed by atoms with E-state index in [9.17, 15) is 18.0 Å². The molecule has 0 aliphatic rings. The van der Waals surface area contributed by atoms with Gasteiger partial charge in [0.15, 0.2) is 0 Å². The van der Waals surface area contributed by atoms with Crippen molar-refractivity contribution in [2.24, 2.45) is 0 Å². The maximum absolute atomic E-state index is 11.7. The molecule has 0 saturated heterocycles. The number of alkyl halides is 3. The summed E-state index contributed by atoms with van der Waals surface area (Å²) in [5, 5.41) is 0. The van der Waals surface area contributed by atoms with Gasteiger partial charge in [0.25, 0.3) is 0 Å². The molecule has 0 fully saturated rings. The van der Waals surface area contributed by atoms with E-state index >= 15 is 0 Å². The summed E-state index contributed by atoms with van der Waals surface area (Å²) in [7, 11) is 0. The van der Waals surface area contributed by atoms with Gasteiger partial charge in [-0.2, -0.15) is 13.2 Å². The van der Waals surface area contributed by atoms with Crippen LogP contribution in [-0.4, -0.2) is 18.8 Å². The van der Waals surface area contributed by atoms with Crippen molar-refractivity contribution in [2.75, 3.05) is 6.61 Å². The number of rotatable bonds is 4. The van der Waals surface area contributed by atoms with Crippen molar-refractivity contribution >= 4 is 5.97 Å². The lowest BCUT2D eigenvalue weighted by Crippen LogP contribution is -2.07.